The Hall–Kier alpha value is -1.20. The Morgan fingerprint density at radius 1 is 1.53 bits per heavy atom. The average molecular weight is 311 g/mol. The Kier molecular flexibility index (Phi) is 3.59. The Labute approximate surface area is 112 Å². The van der Waals surface area contributed by atoms with Crippen molar-refractivity contribution in [1.82, 2.24) is 4.98 Å². The first kappa shape index (κ1) is 12.3. The summed E-state index contributed by atoms with van der Waals surface area (Å²) in [4.78, 5) is 17.9. The molecule has 0 aliphatic carbocycles. The first-order valence-electron chi connectivity index (χ1n) is 5.02. The second kappa shape index (κ2) is 4.98. The molecule has 17 heavy (non-hydrogen) atoms. The van der Waals surface area contributed by atoms with Crippen molar-refractivity contribution in [2.75, 3.05) is 11.9 Å². The highest BCUT2D eigenvalue weighted by atomic mass is 79.9. The third-order valence-electron chi connectivity index (χ3n) is 2.35. The maximum atomic E-state index is 12.1. The van der Waals surface area contributed by atoms with Gasteiger partial charge in [0.15, 0.2) is 0 Å². The van der Waals surface area contributed by atoms with Crippen LogP contribution in [0.4, 0.5) is 5.82 Å². The summed E-state index contributed by atoms with van der Waals surface area (Å²) in [6.07, 6.45) is 1.75. The van der Waals surface area contributed by atoms with Gasteiger partial charge >= 0.3 is 0 Å². The molecule has 0 radical (unpaired) electrons. The number of nitrogens with zero attached hydrogens (tertiary/aromatic N) is 2. The van der Waals surface area contributed by atoms with E-state index in [0.29, 0.717) is 11.4 Å². The van der Waals surface area contributed by atoms with Crippen LogP contribution in [0.5, 0.6) is 0 Å². The van der Waals surface area contributed by atoms with Crippen LogP contribution in [-0.4, -0.2) is 17.9 Å². The highest BCUT2D eigenvalue weighted by molar-refractivity contribution is 9.10. The molecular formula is C12H11BrN2OS. The number of carbonyl (C=O) groups excluding carboxylic acids is 1. The van der Waals surface area contributed by atoms with Gasteiger partial charge in [0.2, 0.25) is 0 Å². The maximum Gasteiger partial charge on any atom is 0.260 e. The Morgan fingerprint density at radius 2 is 2.29 bits per heavy atom. The largest absolute Gasteiger partial charge is 0.295 e. The molecule has 0 saturated heterocycles. The quantitative estimate of drug-likeness (QED) is 0.850. The lowest BCUT2D eigenvalue weighted by atomic mass is 10.3. The first-order valence-corrected chi connectivity index (χ1v) is 6.75. The molecule has 88 valence electrons. The number of pyridine rings is 1. The lowest BCUT2D eigenvalue weighted by Gasteiger charge is -2.17. The van der Waals surface area contributed by atoms with Crippen molar-refractivity contribution in [2.24, 2.45) is 0 Å². The average Bonchev–Trinajstić information content (AvgIpc) is 2.80. The van der Waals surface area contributed by atoms with E-state index in [1.165, 1.54) is 11.3 Å². The summed E-state index contributed by atoms with van der Waals surface area (Å²) >= 11 is 4.93. The number of aryl methyl sites for hydroxylation is 1. The lowest BCUT2D eigenvalue weighted by molar-refractivity contribution is 0.0992. The highest BCUT2D eigenvalue weighted by Crippen LogP contribution is 2.25. The zero-order valence-corrected chi connectivity index (χ0v) is 11.9. The molecule has 0 aliphatic heterocycles. The van der Waals surface area contributed by atoms with Gasteiger partial charge in [-0.25, -0.2) is 4.98 Å². The molecule has 0 atom stereocenters. The molecule has 0 saturated carbocycles. The van der Waals surface area contributed by atoms with Gasteiger partial charge in [-0.05, 0) is 45.9 Å². The molecule has 0 aliphatic rings. The minimum atomic E-state index is -0.0525. The molecule has 2 heterocycles. The molecule has 1 amide bonds. The molecule has 0 fully saturated rings. The van der Waals surface area contributed by atoms with Crippen LogP contribution in [-0.2, 0) is 0 Å². The van der Waals surface area contributed by atoms with E-state index in [2.05, 4.69) is 20.9 Å². The van der Waals surface area contributed by atoms with Crippen LogP contribution in [0.25, 0.3) is 0 Å². The first-order chi connectivity index (χ1) is 8.09. The van der Waals surface area contributed by atoms with Crippen molar-refractivity contribution in [1.29, 1.82) is 0 Å². The minimum Gasteiger partial charge on any atom is -0.295 e. The van der Waals surface area contributed by atoms with E-state index in [1.807, 2.05) is 29.8 Å². The number of thiophene rings is 1. The van der Waals surface area contributed by atoms with E-state index < -0.39 is 0 Å². The molecule has 0 N–H and O–H groups in total. The number of hydrogen-bond acceptors (Lipinski definition) is 3. The van der Waals surface area contributed by atoms with Crippen LogP contribution in [0.1, 0.15) is 15.9 Å². The Bertz CT molecular complexity index is 539. The van der Waals surface area contributed by atoms with E-state index >= 15 is 0 Å². The number of anilines is 1. The van der Waals surface area contributed by atoms with E-state index in [4.69, 9.17) is 0 Å². The predicted octanol–water partition coefficient (Wildman–Crippen LogP) is 3.49. The summed E-state index contributed by atoms with van der Waals surface area (Å²) in [6.45, 7) is 1.96. The highest BCUT2D eigenvalue weighted by Gasteiger charge is 2.17. The monoisotopic (exact) mass is 310 g/mol. The van der Waals surface area contributed by atoms with Gasteiger partial charge in [0.25, 0.3) is 5.91 Å². The fourth-order valence-corrected chi connectivity index (χ4v) is 2.81. The van der Waals surface area contributed by atoms with Gasteiger partial charge in [-0.2, -0.15) is 11.3 Å². The molecule has 5 heteroatoms. The second-order valence-corrected chi connectivity index (χ2v) is 5.33. The lowest BCUT2D eigenvalue weighted by Crippen LogP contribution is -2.27. The minimum absolute atomic E-state index is 0.0525. The van der Waals surface area contributed by atoms with Crippen LogP contribution in [0.15, 0.2) is 33.6 Å². The number of rotatable bonds is 2. The smallest absolute Gasteiger partial charge is 0.260 e. The zero-order valence-electron chi connectivity index (χ0n) is 9.48. The topological polar surface area (TPSA) is 33.2 Å². The standard InChI is InChI=1S/C12H11BrN2OS/c1-8-5-10(13)11(14-6-8)15(2)12(16)9-3-4-17-7-9/h3-7H,1-2H3. The van der Waals surface area contributed by atoms with E-state index in [-0.39, 0.29) is 5.91 Å². The van der Waals surface area contributed by atoms with Crippen LogP contribution < -0.4 is 4.90 Å². The molecule has 0 aromatic carbocycles. The van der Waals surface area contributed by atoms with Crippen LogP contribution >= 0.6 is 27.3 Å². The van der Waals surface area contributed by atoms with Crippen molar-refractivity contribution in [3.05, 3.63) is 44.7 Å². The molecule has 2 aromatic heterocycles. The van der Waals surface area contributed by atoms with E-state index in [1.54, 1.807) is 18.1 Å². The Morgan fingerprint density at radius 3 is 2.88 bits per heavy atom. The molecule has 0 unspecified atom stereocenters. The SMILES string of the molecule is Cc1cnc(N(C)C(=O)c2ccsc2)c(Br)c1. The van der Waals surface area contributed by atoms with Crippen LogP contribution in [0.2, 0.25) is 0 Å². The summed E-state index contributed by atoms with van der Waals surface area (Å²) in [6, 6.07) is 3.76. The predicted molar refractivity (Wildman–Crippen MR) is 73.7 cm³/mol. The number of halogens is 1. The third-order valence-corrected chi connectivity index (χ3v) is 3.62. The molecule has 2 rings (SSSR count). The normalized spacial score (nSPS) is 10.3. The maximum absolute atomic E-state index is 12.1. The van der Waals surface area contributed by atoms with Crippen molar-refractivity contribution in [3.8, 4) is 0 Å². The fraction of sp³-hybridized carbons (Fsp3) is 0.167. The third kappa shape index (κ3) is 2.56. The van der Waals surface area contributed by atoms with Gasteiger partial charge in [-0.15, -0.1) is 0 Å². The van der Waals surface area contributed by atoms with Gasteiger partial charge in [0.1, 0.15) is 5.82 Å². The van der Waals surface area contributed by atoms with Gasteiger partial charge in [-0.1, -0.05) is 0 Å². The molecule has 0 spiro atoms. The summed E-state index contributed by atoms with van der Waals surface area (Å²) in [5.41, 5.74) is 1.74. The summed E-state index contributed by atoms with van der Waals surface area (Å²) in [7, 11) is 1.72. The van der Waals surface area contributed by atoms with E-state index in [9.17, 15) is 4.79 Å². The number of hydrogen-bond donors (Lipinski definition) is 0. The zero-order chi connectivity index (χ0) is 12.4. The number of amides is 1. The number of aromatic nitrogens is 1. The van der Waals surface area contributed by atoms with Crippen molar-refractivity contribution < 1.29 is 4.79 Å². The number of carbonyl (C=O) groups is 1. The van der Waals surface area contributed by atoms with Gasteiger partial charge in [0, 0.05) is 18.6 Å². The molecular weight excluding hydrogens is 300 g/mol. The van der Waals surface area contributed by atoms with E-state index in [0.717, 1.165) is 10.0 Å². The summed E-state index contributed by atoms with van der Waals surface area (Å²) < 4.78 is 0.823. The summed E-state index contributed by atoms with van der Waals surface area (Å²) in [5, 5.41) is 3.72. The molecule has 2 aromatic rings. The van der Waals surface area contributed by atoms with Crippen molar-refractivity contribution in [3.63, 3.8) is 0 Å². The van der Waals surface area contributed by atoms with Crippen LogP contribution in [0.3, 0.4) is 0 Å². The fourth-order valence-electron chi connectivity index (χ4n) is 1.45. The van der Waals surface area contributed by atoms with Crippen molar-refractivity contribution in [2.45, 2.75) is 6.92 Å². The van der Waals surface area contributed by atoms with Gasteiger partial charge < -0.3 is 0 Å². The van der Waals surface area contributed by atoms with Crippen LogP contribution in [0, 0.1) is 6.92 Å². The van der Waals surface area contributed by atoms with Gasteiger partial charge in [0.05, 0.1) is 10.0 Å². The molecule has 3 nitrogen and oxygen atoms in total. The molecule has 0 bridgehead atoms. The second-order valence-electron chi connectivity index (χ2n) is 3.69. The summed E-state index contributed by atoms with van der Waals surface area (Å²) in [5.74, 6) is 0.579. The Balaban J connectivity index is 2.31. The van der Waals surface area contributed by atoms with Gasteiger partial charge in [-0.3, -0.25) is 9.69 Å². The van der Waals surface area contributed by atoms with Crippen molar-refractivity contribution >= 4 is 39.0 Å².